The van der Waals surface area contributed by atoms with Gasteiger partial charge in [-0.3, -0.25) is 4.79 Å². The zero-order valence-electron chi connectivity index (χ0n) is 14.4. The van der Waals surface area contributed by atoms with Gasteiger partial charge in [0, 0.05) is 37.6 Å². The number of likely N-dealkylation sites (tertiary alicyclic amines) is 1. The molecule has 4 rings (SSSR count). The number of hydrogen-bond donors (Lipinski definition) is 1. The molecule has 0 bridgehead atoms. The van der Waals surface area contributed by atoms with Gasteiger partial charge in [-0.15, -0.1) is 0 Å². The summed E-state index contributed by atoms with van der Waals surface area (Å²) in [5, 5.41) is 12.0. The van der Waals surface area contributed by atoms with Crippen LogP contribution in [-0.4, -0.2) is 44.2 Å². The predicted octanol–water partition coefficient (Wildman–Crippen LogP) is 2.59. The molecule has 24 heavy (non-hydrogen) atoms. The molecule has 5 heteroatoms. The summed E-state index contributed by atoms with van der Waals surface area (Å²) in [4.78, 5) is 19.4. The molecule has 3 atom stereocenters. The minimum absolute atomic E-state index is 0.00838. The summed E-state index contributed by atoms with van der Waals surface area (Å²) in [7, 11) is 1.94. The third-order valence-electron chi connectivity index (χ3n) is 6.15. The van der Waals surface area contributed by atoms with Crippen molar-refractivity contribution >= 4 is 16.9 Å². The summed E-state index contributed by atoms with van der Waals surface area (Å²) < 4.78 is 1.94. The van der Waals surface area contributed by atoms with Crippen molar-refractivity contribution in [2.24, 2.45) is 18.9 Å². The first-order valence-corrected chi connectivity index (χ1v) is 8.95. The first-order valence-electron chi connectivity index (χ1n) is 8.95. The van der Waals surface area contributed by atoms with Crippen molar-refractivity contribution in [3.8, 4) is 0 Å². The minimum atomic E-state index is -0.604. The van der Waals surface area contributed by atoms with E-state index in [0.29, 0.717) is 18.2 Å². The van der Waals surface area contributed by atoms with E-state index in [4.69, 9.17) is 0 Å². The molecular weight excluding hydrogens is 302 g/mol. The highest BCUT2D eigenvalue weighted by atomic mass is 16.3. The van der Waals surface area contributed by atoms with Crippen LogP contribution < -0.4 is 0 Å². The number of aryl methyl sites for hydroxylation is 1. The van der Waals surface area contributed by atoms with Crippen LogP contribution in [0, 0.1) is 11.8 Å². The Balaban J connectivity index is 1.59. The molecule has 1 aliphatic carbocycles. The molecule has 2 aromatic heterocycles. The van der Waals surface area contributed by atoms with Crippen molar-refractivity contribution < 1.29 is 9.90 Å². The van der Waals surface area contributed by atoms with Crippen LogP contribution in [0.2, 0.25) is 0 Å². The van der Waals surface area contributed by atoms with Gasteiger partial charge in [0.15, 0.2) is 0 Å². The van der Waals surface area contributed by atoms with E-state index in [1.165, 1.54) is 0 Å². The van der Waals surface area contributed by atoms with Gasteiger partial charge in [0.2, 0.25) is 0 Å². The minimum Gasteiger partial charge on any atom is -0.390 e. The number of rotatable bonds is 2. The molecule has 2 aliphatic rings. The Kier molecular flexibility index (Phi) is 3.64. The third kappa shape index (κ3) is 2.34. The fraction of sp³-hybridized carbons (Fsp3) is 0.579. The maximum Gasteiger partial charge on any atom is 0.272 e. The van der Waals surface area contributed by atoms with E-state index >= 15 is 0 Å². The molecule has 0 aromatic carbocycles. The van der Waals surface area contributed by atoms with Gasteiger partial charge in [-0.05, 0) is 43.4 Å². The van der Waals surface area contributed by atoms with E-state index in [-0.39, 0.29) is 11.8 Å². The standard InChI is InChI=1S/C19H25N3O2/c1-3-19(24)9-4-5-14-11-22(12-15(14)19)18(23)16-7-6-13-8-10-21(2)17(13)20-16/h6-8,10,14-15,24H,3-5,9,11-12H2,1-2H3/t14-,15+,19-/m0/s1. The lowest BCUT2D eigenvalue weighted by atomic mass is 9.69. The molecular formula is C19H25N3O2. The molecule has 3 heterocycles. The van der Waals surface area contributed by atoms with E-state index in [9.17, 15) is 9.90 Å². The van der Waals surface area contributed by atoms with Crippen molar-refractivity contribution in [1.29, 1.82) is 0 Å². The number of nitrogens with zero attached hydrogens (tertiary/aromatic N) is 3. The normalized spacial score (nSPS) is 29.9. The van der Waals surface area contributed by atoms with Crippen molar-refractivity contribution in [2.45, 2.75) is 38.2 Å². The number of hydrogen-bond acceptors (Lipinski definition) is 3. The van der Waals surface area contributed by atoms with Gasteiger partial charge >= 0.3 is 0 Å². The second-order valence-electron chi connectivity index (χ2n) is 7.46. The van der Waals surface area contributed by atoms with Gasteiger partial charge in [0.05, 0.1) is 5.60 Å². The Morgan fingerprint density at radius 1 is 1.38 bits per heavy atom. The van der Waals surface area contributed by atoms with Crippen LogP contribution >= 0.6 is 0 Å². The number of carbonyl (C=O) groups is 1. The quantitative estimate of drug-likeness (QED) is 0.922. The number of carbonyl (C=O) groups excluding carboxylic acids is 1. The molecule has 1 aliphatic heterocycles. The van der Waals surface area contributed by atoms with Crippen LogP contribution in [0.5, 0.6) is 0 Å². The summed E-state index contributed by atoms with van der Waals surface area (Å²) >= 11 is 0. The average molecular weight is 327 g/mol. The zero-order valence-corrected chi connectivity index (χ0v) is 14.4. The second-order valence-corrected chi connectivity index (χ2v) is 7.46. The lowest BCUT2D eigenvalue weighted by Gasteiger charge is -2.40. The summed E-state index contributed by atoms with van der Waals surface area (Å²) in [6.07, 6.45) is 5.75. The SMILES string of the molecule is CC[C@]1(O)CCC[C@H]2CN(C(=O)c3ccc4ccn(C)c4n3)C[C@H]21. The maximum absolute atomic E-state index is 12.9. The molecule has 1 amide bonds. The Morgan fingerprint density at radius 2 is 2.21 bits per heavy atom. The Hall–Kier alpha value is -1.88. The summed E-state index contributed by atoms with van der Waals surface area (Å²) in [6, 6.07) is 5.78. The molecule has 0 radical (unpaired) electrons. The third-order valence-corrected chi connectivity index (χ3v) is 6.15. The molecule has 5 nitrogen and oxygen atoms in total. The second kappa shape index (κ2) is 5.59. The van der Waals surface area contributed by atoms with Gasteiger partial charge in [-0.1, -0.05) is 13.3 Å². The predicted molar refractivity (Wildman–Crippen MR) is 92.7 cm³/mol. The van der Waals surface area contributed by atoms with Crippen LogP contribution in [0.4, 0.5) is 0 Å². The molecule has 0 spiro atoms. The fourth-order valence-corrected chi connectivity index (χ4v) is 4.65. The number of pyridine rings is 1. The Morgan fingerprint density at radius 3 is 3.00 bits per heavy atom. The van der Waals surface area contributed by atoms with E-state index in [0.717, 1.165) is 43.3 Å². The van der Waals surface area contributed by atoms with E-state index < -0.39 is 5.60 Å². The lowest BCUT2D eigenvalue weighted by Crippen LogP contribution is -2.44. The molecule has 0 unspecified atom stereocenters. The van der Waals surface area contributed by atoms with Gasteiger partial charge in [0.1, 0.15) is 11.3 Å². The van der Waals surface area contributed by atoms with Gasteiger partial charge in [0.25, 0.3) is 5.91 Å². The zero-order chi connectivity index (χ0) is 16.9. The molecule has 2 aromatic rings. The van der Waals surface area contributed by atoms with E-state index in [1.807, 2.05) is 40.9 Å². The van der Waals surface area contributed by atoms with Crippen LogP contribution in [0.3, 0.4) is 0 Å². The Bertz CT molecular complexity index is 784. The van der Waals surface area contributed by atoms with Crippen molar-refractivity contribution in [3.05, 3.63) is 30.1 Å². The van der Waals surface area contributed by atoms with Crippen molar-refractivity contribution in [2.75, 3.05) is 13.1 Å². The van der Waals surface area contributed by atoms with Crippen LogP contribution in [0.15, 0.2) is 24.4 Å². The largest absolute Gasteiger partial charge is 0.390 e. The summed E-state index contributed by atoms with van der Waals surface area (Å²) in [5.41, 5.74) is 0.735. The fourth-order valence-electron chi connectivity index (χ4n) is 4.65. The summed E-state index contributed by atoms with van der Waals surface area (Å²) in [5.74, 6) is 0.622. The van der Waals surface area contributed by atoms with E-state index in [1.54, 1.807) is 0 Å². The van der Waals surface area contributed by atoms with Crippen LogP contribution in [-0.2, 0) is 7.05 Å². The van der Waals surface area contributed by atoms with Crippen LogP contribution in [0.1, 0.15) is 43.1 Å². The average Bonchev–Trinajstić information content (AvgIpc) is 3.19. The smallest absolute Gasteiger partial charge is 0.272 e. The highest BCUT2D eigenvalue weighted by Gasteiger charge is 2.48. The lowest BCUT2D eigenvalue weighted by molar-refractivity contribution is -0.0609. The van der Waals surface area contributed by atoms with Gasteiger partial charge in [-0.25, -0.2) is 4.98 Å². The molecule has 1 N–H and O–H groups in total. The summed E-state index contributed by atoms with van der Waals surface area (Å²) in [6.45, 7) is 3.46. The maximum atomic E-state index is 12.9. The molecule has 2 fully saturated rings. The first kappa shape index (κ1) is 15.6. The number of fused-ring (bicyclic) bond motifs is 2. The van der Waals surface area contributed by atoms with Gasteiger partial charge < -0.3 is 14.6 Å². The monoisotopic (exact) mass is 327 g/mol. The number of aliphatic hydroxyl groups is 1. The van der Waals surface area contributed by atoms with Crippen molar-refractivity contribution in [1.82, 2.24) is 14.5 Å². The molecule has 1 saturated heterocycles. The first-order chi connectivity index (χ1) is 11.5. The van der Waals surface area contributed by atoms with Crippen LogP contribution in [0.25, 0.3) is 11.0 Å². The molecule has 1 saturated carbocycles. The van der Waals surface area contributed by atoms with E-state index in [2.05, 4.69) is 11.9 Å². The highest BCUT2D eigenvalue weighted by Crippen LogP contribution is 2.44. The Labute approximate surface area is 142 Å². The van der Waals surface area contributed by atoms with Crippen molar-refractivity contribution in [3.63, 3.8) is 0 Å². The number of amides is 1. The molecule has 128 valence electrons. The topological polar surface area (TPSA) is 58.4 Å². The number of aromatic nitrogens is 2. The van der Waals surface area contributed by atoms with Gasteiger partial charge in [-0.2, -0.15) is 0 Å². The highest BCUT2D eigenvalue weighted by molar-refractivity contribution is 5.94.